The average molecular weight is 325 g/mol. The molecule has 24 heavy (non-hydrogen) atoms. The maximum Gasteiger partial charge on any atom is 0.303 e. The van der Waals surface area contributed by atoms with Crippen LogP contribution in [0.25, 0.3) is 22.4 Å². The van der Waals surface area contributed by atoms with Crippen LogP contribution in [0.15, 0.2) is 55.0 Å². The standard InChI is InChI=1S/C18H16FN3O2/c19-15-5-3-14(4-6-15)18-16(13-7-9-20-10-8-13)12-22(21-18)11-1-2-17(23)24/h3-10,12H,1-2,11H2,(H,23,24). The lowest BCUT2D eigenvalue weighted by Crippen LogP contribution is -2.02. The number of aliphatic carboxylic acids is 1. The fraction of sp³-hybridized carbons (Fsp3) is 0.167. The number of benzene rings is 1. The van der Waals surface area contributed by atoms with Gasteiger partial charge in [0.2, 0.25) is 0 Å². The number of rotatable bonds is 6. The Morgan fingerprint density at radius 3 is 2.46 bits per heavy atom. The van der Waals surface area contributed by atoms with Gasteiger partial charge in [-0.05, 0) is 48.4 Å². The van der Waals surface area contributed by atoms with Gasteiger partial charge in [-0.3, -0.25) is 14.5 Å². The lowest BCUT2D eigenvalue weighted by molar-refractivity contribution is -0.137. The minimum absolute atomic E-state index is 0.0936. The van der Waals surface area contributed by atoms with E-state index in [4.69, 9.17) is 5.11 Å². The number of aromatic nitrogens is 3. The van der Waals surface area contributed by atoms with Gasteiger partial charge in [-0.2, -0.15) is 5.10 Å². The monoisotopic (exact) mass is 325 g/mol. The quantitative estimate of drug-likeness (QED) is 0.751. The van der Waals surface area contributed by atoms with Gasteiger partial charge in [-0.25, -0.2) is 4.39 Å². The van der Waals surface area contributed by atoms with E-state index in [2.05, 4.69) is 10.1 Å². The van der Waals surface area contributed by atoms with Gasteiger partial charge in [0.05, 0.1) is 0 Å². The molecule has 0 saturated heterocycles. The van der Waals surface area contributed by atoms with Crippen LogP contribution in [0.2, 0.25) is 0 Å². The molecule has 122 valence electrons. The first kappa shape index (κ1) is 15.9. The zero-order valence-electron chi connectivity index (χ0n) is 12.9. The highest BCUT2D eigenvalue weighted by Crippen LogP contribution is 2.30. The van der Waals surface area contributed by atoms with Crippen molar-refractivity contribution in [3.05, 3.63) is 60.8 Å². The van der Waals surface area contributed by atoms with Gasteiger partial charge in [0.1, 0.15) is 11.5 Å². The SMILES string of the molecule is O=C(O)CCCn1cc(-c2ccncc2)c(-c2ccc(F)cc2)n1. The Morgan fingerprint density at radius 1 is 1.08 bits per heavy atom. The second-order valence-corrected chi connectivity index (χ2v) is 5.39. The summed E-state index contributed by atoms with van der Waals surface area (Å²) in [6.07, 6.45) is 5.87. The average Bonchev–Trinajstić information content (AvgIpc) is 3.00. The third kappa shape index (κ3) is 3.65. The number of pyridine rings is 1. The van der Waals surface area contributed by atoms with Crippen molar-refractivity contribution in [2.45, 2.75) is 19.4 Å². The van der Waals surface area contributed by atoms with Gasteiger partial charge in [-0.1, -0.05) is 0 Å². The molecule has 1 aromatic carbocycles. The molecule has 0 aliphatic rings. The molecule has 5 nitrogen and oxygen atoms in total. The largest absolute Gasteiger partial charge is 0.481 e. The van der Waals surface area contributed by atoms with E-state index in [0.29, 0.717) is 13.0 Å². The third-order valence-electron chi connectivity index (χ3n) is 3.65. The van der Waals surface area contributed by atoms with Crippen molar-refractivity contribution in [2.75, 3.05) is 0 Å². The minimum atomic E-state index is -0.824. The topological polar surface area (TPSA) is 68.0 Å². The summed E-state index contributed by atoms with van der Waals surface area (Å²) in [6, 6.07) is 9.93. The maximum absolute atomic E-state index is 13.2. The zero-order valence-corrected chi connectivity index (χ0v) is 12.9. The first-order valence-corrected chi connectivity index (χ1v) is 7.59. The van der Waals surface area contributed by atoms with E-state index in [1.807, 2.05) is 18.3 Å². The van der Waals surface area contributed by atoms with E-state index in [1.165, 1.54) is 12.1 Å². The molecule has 0 unspecified atom stereocenters. The fourth-order valence-corrected chi connectivity index (χ4v) is 2.49. The normalized spacial score (nSPS) is 10.7. The Labute approximate surface area is 138 Å². The van der Waals surface area contributed by atoms with Gasteiger partial charge >= 0.3 is 5.97 Å². The van der Waals surface area contributed by atoms with Gasteiger partial charge in [0.15, 0.2) is 0 Å². The van der Waals surface area contributed by atoms with Crippen molar-refractivity contribution in [1.82, 2.24) is 14.8 Å². The van der Waals surface area contributed by atoms with E-state index < -0.39 is 5.97 Å². The molecule has 0 aliphatic carbocycles. The van der Waals surface area contributed by atoms with Gasteiger partial charge in [0, 0.05) is 42.7 Å². The summed E-state index contributed by atoms with van der Waals surface area (Å²) >= 11 is 0. The molecule has 3 aromatic rings. The van der Waals surface area contributed by atoms with Crippen molar-refractivity contribution in [3.63, 3.8) is 0 Å². The molecule has 0 radical (unpaired) electrons. The number of hydrogen-bond acceptors (Lipinski definition) is 3. The lowest BCUT2D eigenvalue weighted by Gasteiger charge is -2.02. The van der Waals surface area contributed by atoms with E-state index in [1.54, 1.807) is 29.2 Å². The fourth-order valence-electron chi connectivity index (χ4n) is 2.49. The number of carboxylic acids is 1. The molecule has 0 saturated carbocycles. The van der Waals surface area contributed by atoms with Crippen molar-refractivity contribution < 1.29 is 14.3 Å². The molecule has 2 heterocycles. The summed E-state index contributed by atoms with van der Waals surface area (Å²) in [6.45, 7) is 0.506. The highest BCUT2D eigenvalue weighted by molar-refractivity contribution is 5.80. The zero-order chi connectivity index (χ0) is 16.9. The van der Waals surface area contributed by atoms with Crippen LogP contribution < -0.4 is 0 Å². The summed E-state index contributed by atoms with van der Waals surface area (Å²) in [5.74, 6) is -1.12. The first-order valence-electron chi connectivity index (χ1n) is 7.59. The Hall–Kier alpha value is -3.02. The molecule has 6 heteroatoms. The molecule has 0 atom stereocenters. The molecule has 0 spiro atoms. The summed E-state index contributed by atoms with van der Waals surface area (Å²) in [5.41, 5.74) is 3.39. The molecule has 0 fully saturated rings. The molecule has 1 N–H and O–H groups in total. The number of nitrogens with zero attached hydrogens (tertiary/aromatic N) is 3. The van der Waals surface area contributed by atoms with Crippen LogP contribution in [0.5, 0.6) is 0 Å². The molecule has 0 bridgehead atoms. The van der Waals surface area contributed by atoms with Crippen LogP contribution in [-0.2, 0) is 11.3 Å². The molecule has 2 aromatic heterocycles. The maximum atomic E-state index is 13.2. The highest BCUT2D eigenvalue weighted by atomic mass is 19.1. The first-order chi connectivity index (χ1) is 11.6. The van der Waals surface area contributed by atoms with Crippen molar-refractivity contribution >= 4 is 5.97 Å². The van der Waals surface area contributed by atoms with E-state index >= 15 is 0 Å². The Bertz CT molecular complexity index is 829. The molecule has 0 amide bonds. The summed E-state index contributed by atoms with van der Waals surface area (Å²) in [7, 11) is 0. The van der Waals surface area contributed by atoms with Crippen molar-refractivity contribution in [1.29, 1.82) is 0 Å². The Morgan fingerprint density at radius 2 is 1.79 bits per heavy atom. The van der Waals surface area contributed by atoms with E-state index in [9.17, 15) is 9.18 Å². The van der Waals surface area contributed by atoms with Gasteiger partial charge in [-0.15, -0.1) is 0 Å². The number of aryl methyl sites for hydroxylation is 1. The van der Waals surface area contributed by atoms with Crippen LogP contribution in [-0.4, -0.2) is 25.8 Å². The Balaban J connectivity index is 1.97. The Kier molecular flexibility index (Phi) is 4.65. The van der Waals surface area contributed by atoms with E-state index in [0.717, 1.165) is 22.4 Å². The molecule has 3 rings (SSSR count). The lowest BCUT2D eigenvalue weighted by atomic mass is 10.0. The third-order valence-corrected chi connectivity index (χ3v) is 3.65. The number of carboxylic acid groups (broad SMARTS) is 1. The van der Waals surface area contributed by atoms with Gasteiger partial charge in [0.25, 0.3) is 0 Å². The minimum Gasteiger partial charge on any atom is -0.481 e. The van der Waals surface area contributed by atoms with Crippen LogP contribution in [0.1, 0.15) is 12.8 Å². The smallest absolute Gasteiger partial charge is 0.303 e. The number of carbonyl (C=O) groups is 1. The molecule has 0 aliphatic heterocycles. The van der Waals surface area contributed by atoms with Crippen molar-refractivity contribution in [2.24, 2.45) is 0 Å². The van der Waals surface area contributed by atoms with E-state index in [-0.39, 0.29) is 12.2 Å². The number of halogens is 1. The predicted octanol–water partition coefficient (Wildman–Crippen LogP) is 3.62. The highest BCUT2D eigenvalue weighted by Gasteiger charge is 2.13. The second-order valence-electron chi connectivity index (χ2n) is 5.39. The molecular formula is C18H16FN3O2. The van der Waals surface area contributed by atoms with Crippen LogP contribution in [0.4, 0.5) is 4.39 Å². The summed E-state index contributed by atoms with van der Waals surface area (Å²) in [4.78, 5) is 14.7. The molecular weight excluding hydrogens is 309 g/mol. The van der Waals surface area contributed by atoms with Crippen molar-refractivity contribution in [3.8, 4) is 22.4 Å². The van der Waals surface area contributed by atoms with Crippen LogP contribution in [0.3, 0.4) is 0 Å². The predicted molar refractivity (Wildman–Crippen MR) is 87.7 cm³/mol. The van der Waals surface area contributed by atoms with Crippen LogP contribution >= 0.6 is 0 Å². The van der Waals surface area contributed by atoms with Gasteiger partial charge < -0.3 is 5.11 Å². The number of hydrogen-bond donors (Lipinski definition) is 1. The summed E-state index contributed by atoms with van der Waals surface area (Å²) < 4.78 is 14.9. The second kappa shape index (κ2) is 7.04. The van der Waals surface area contributed by atoms with Crippen LogP contribution in [0, 0.1) is 5.82 Å². The summed E-state index contributed by atoms with van der Waals surface area (Å²) in [5, 5.41) is 13.3.